The van der Waals surface area contributed by atoms with E-state index in [0.717, 1.165) is 47.0 Å². The van der Waals surface area contributed by atoms with Crippen LogP contribution in [0.25, 0.3) is 11.1 Å². The van der Waals surface area contributed by atoms with Crippen LogP contribution in [-0.2, 0) is 12.0 Å². The molecule has 0 aromatic heterocycles. The number of likely N-dealkylation sites (tertiary alicyclic amines) is 1. The van der Waals surface area contributed by atoms with E-state index in [0.29, 0.717) is 5.56 Å². The monoisotopic (exact) mass is 459 g/mol. The van der Waals surface area contributed by atoms with Crippen LogP contribution in [0, 0.1) is 17.3 Å². The highest BCUT2D eigenvalue weighted by Gasteiger charge is 3.01. The molecule has 33 heavy (non-hydrogen) atoms. The smallest absolute Gasteiger partial charge is 0.291 e. The molecule has 0 bridgehead atoms. The van der Waals surface area contributed by atoms with Crippen LogP contribution in [0.2, 0.25) is 0 Å². The van der Waals surface area contributed by atoms with E-state index in [-0.39, 0.29) is 0 Å². The summed E-state index contributed by atoms with van der Waals surface area (Å²) in [6.07, 6.45) is -2.78. The molecule has 0 amide bonds. The first kappa shape index (κ1) is 25.8. The van der Waals surface area contributed by atoms with Crippen molar-refractivity contribution in [3.8, 4) is 11.1 Å². The van der Waals surface area contributed by atoms with Gasteiger partial charge in [0.05, 0.1) is 5.41 Å². The maximum absolute atomic E-state index is 13.2. The number of benzene rings is 2. The molecule has 3 unspecified atom stereocenters. The van der Waals surface area contributed by atoms with Gasteiger partial charge < -0.3 is 0 Å². The largest absolute Gasteiger partial charge is 0.397 e. The maximum atomic E-state index is 13.2. The molecule has 0 radical (unpaired) electrons. The van der Waals surface area contributed by atoms with Gasteiger partial charge in [0.2, 0.25) is 0 Å². The van der Waals surface area contributed by atoms with E-state index in [2.05, 4.69) is 29.2 Å². The SMILES string of the molecule is CC.CC.CC.CC(C)(c1ccc(-c2ccc(CN3C4C5C[C@@H]6[C@H]3C546)cc2)cc1)C(F)(F)F. The molecule has 2 aromatic rings. The van der Waals surface area contributed by atoms with Crippen LogP contribution >= 0.6 is 0 Å². The number of piperidine rings is 2. The number of halogens is 3. The third-order valence-electron chi connectivity index (χ3n) is 8.04. The van der Waals surface area contributed by atoms with Crippen LogP contribution in [0.4, 0.5) is 13.2 Å². The van der Waals surface area contributed by atoms with E-state index in [1.165, 1.54) is 25.8 Å². The topological polar surface area (TPSA) is 3.24 Å². The second-order valence-corrected chi connectivity index (χ2v) is 9.41. The van der Waals surface area contributed by atoms with E-state index >= 15 is 0 Å². The summed E-state index contributed by atoms with van der Waals surface area (Å²) in [6, 6.07) is 17.1. The molecule has 5 atom stereocenters. The quantitative estimate of drug-likeness (QED) is 0.443. The first-order chi connectivity index (χ1) is 15.8. The summed E-state index contributed by atoms with van der Waals surface area (Å²) in [5, 5.41) is 0. The van der Waals surface area contributed by atoms with Gasteiger partial charge in [-0.2, -0.15) is 13.2 Å². The van der Waals surface area contributed by atoms with Gasteiger partial charge in [0.25, 0.3) is 0 Å². The molecule has 182 valence electrons. The Labute approximate surface area is 198 Å². The fraction of sp³-hybridized carbons (Fsp3) is 0.586. The van der Waals surface area contributed by atoms with E-state index in [4.69, 9.17) is 0 Å². The Morgan fingerprint density at radius 1 is 0.758 bits per heavy atom. The van der Waals surface area contributed by atoms with Crippen molar-refractivity contribution in [3.63, 3.8) is 0 Å². The second-order valence-electron chi connectivity index (χ2n) is 9.41. The summed E-state index contributed by atoms with van der Waals surface area (Å²) in [5.74, 6) is 2.04. The van der Waals surface area contributed by atoms with Crippen LogP contribution < -0.4 is 0 Å². The molecule has 3 aliphatic carbocycles. The normalized spacial score (nSPS) is 29.7. The minimum Gasteiger partial charge on any atom is -0.291 e. The average molecular weight is 460 g/mol. The first-order valence-corrected chi connectivity index (χ1v) is 12.8. The van der Waals surface area contributed by atoms with E-state index in [1.807, 2.05) is 41.5 Å². The molecule has 4 aliphatic rings. The van der Waals surface area contributed by atoms with Gasteiger partial charge in [0.1, 0.15) is 0 Å². The molecule has 1 saturated heterocycles. The molecule has 2 aromatic carbocycles. The summed E-state index contributed by atoms with van der Waals surface area (Å²) < 4.78 is 39.6. The summed E-state index contributed by atoms with van der Waals surface area (Å²) in [5.41, 5.74) is 2.61. The minimum absolute atomic E-state index is 0.295. The number of hydrogen-bond acceptors (Lipinski definition) is 1. The summed E-state index contributed by atoms with van der Waals surface area (Å²) in [7, 11) is 0. The zero-order valence-electron chi connectivity index (χ0n) is 21.4. The molecule has 0 N–H and O–H groups in total. The van der Waals surface area contributed by atoms with Crippen molar-refractivity contribution in [2.24, 2.45) is 17.3 Å². The fourth-order valence-electron chi connectivity index (χ4n) is 6.21. The highest BCUT2D eigenvalue weighted by Crippen LogP contribution is 2.96. The van der Waals surface area contributed by atoms with Gasteiger partial charge in [-0.05, 0) is 54.4 Å². The molecule has 1 nitrogen and oxygen atoms in total. The Hall–Kier alpha value is -1.81. The van der Waals surface area contributed by atoms with E-state index < -0.39 is 11.6 Å². The zero-order valence-corrected chi connectivity index (χ0v) is 21.4. The molecular weight excluding hydrogens is 419 g/mol. The summed E-state index contributed by atoms with van der Waals surface area (Å²) in [4.78, 5) is 2.68. The fourth-order valence-corrected chi connectivity index (χ4v) is 6.21. The lowest BCUT2D eigenvalue weighted by atomic mass is 9.83. The van der Waals surface area contributed by atoms with Crippen molar-refractivity contribution < 1.29 is 13.2 Å². The number of nitrogens with zero attached hydrogens (tertiary/aromatic N) is 1. The van der Waals surface area contributed by atoms with E-state index in [9.17, 15) is 13.2 Å². The Morgan fingerprint density at radius 3 is 1.55 bits per heavy atom. The molecule has 3 saturated carbocycles. The van der Waals surface area contributed by atoms with Crippen molar-refractivity contribution in [1.82, 2.24) is 4.90 Å². The number of rotatable bonds is 4. The highest BCUT2D eigenvalue weighted by atomic mass is 19.4. The molecule has 6 rings (SSSR count). The van der Waals surface area contributed by atoms with Gasteiger partial charge in [-0.3, -0.25) is 4.90 Å². The lowest BCUT2D eigenvalue weighted by Gasteiger charge is -2.30. The van der Waals surface area contributed by atoms with Crippen LogP contribution in [0.3, 0.4) is 0 Å². The Bertz CT molecular complexity index is 907. The maximum Gasteiger partial charge on any atom is 0.397 e. The van der Waals surface area contributed by atoms with Crippen LogP contribution in [0.1, 0.15) is 72.9 Å². The van der Waals surface area contributed by atoms with Crippen molar-refractivity contribution in [2.75, 3.05) is 0 Å². The molecule has 4 heteroatoms. The third kappa shape index (κ3) is 3.64. The highest BCUT2D eigenvalue weighted by molar-refractivity contribution is 5.64. The Morgan fingerprint density at radius 2 is 1.18 bits per heavy atom. The number of fused-ring (bicyclic) bond motifs is 2. The van der Waals surface area contributed by atoms with Crippen LogP contribution in [-0.4, -0.2) is 23.2 Å². The average Bonchev–Trinajstić information content (AvgIpc) is 3.52. The van der Waals surface area contributed by atoms with Crippen molar-refractivity contribution in [2.45, 2.75) is 92.0 Å². The van der Waals surface area contributed by atoms with Crippen LogP contribution in [0.15, 0.2) is 48.5 Å². The molecular formula is C29H40F3N. The summed E-state index contributed by atoms with van der Waals surface area (Å²) >= 11 is 0. The predicted octanol–water partition coefficient (Wildman–Crippen LogP) is 8.47. The van der Waals surface area contributed by atoms with Gasteiger partial charge in [0.15, 0.2) is 0 Å². The van der Waals surface area contributed by atoms with E-state index in [1.54, 1.807) is 24.3 Å². The lowest BCUT2D eigenvalue weighted by Crippen LogP contribution is -2.39. The van der Waals surface area contributed by atoms with Crippen LogP contribution in [0.5, 0.6) is 0 Å². The van der Waals surface area contributed by atoms with Gasteiger partial charge in [-0.25, -0.2) is 0 Å². The van der Waals surface area contributed by atoms with Gasteiger partial charge in [0, 0.05) is 24.0 Å². The lowest BCUT2D eigenvalue weighted by molar-refractivity contribution is -0.180. The predicted molar refractivity (Wildman–Crippen MR) is 132 cm³/mol. The van der Waals surface area contributed by atoms with Gasteiger partial charge in [-0.1, -0.05) is 90.1 Å². The third-order valence-corrected chi connectivity index (χ3v) is 8.04. The number of alkyl halides is 3. The second kappa shape index (κ2) is 9.09. The Kier molecular flexibility index (Phi) is 7.11. The molecule has 1 heterocycles. The molecule has 1 aliphatic heterocycles. The Balaban J connectivity index is 0.000000475. The minimum atomic E-state index is -4.26. The standard InChI is InChI=1S/C23H22F3N.3C2H6/c1-21(2,23(24,25)26)16-9-7-15(8-10-16)14-5-3-13(4-6-14)12-27-19-17-11-18-20(27)22(17,18)19;3*1-2/h3-10,17-20H,11-12H2,1-2H3;3*1-2H3/t17-,18?,19+,20?,22?;;;/m1.../s1. The molecule has 4 fully saturated rings. The van der Waals surface area contributed by atoms with Crippen molar-refractivity contribution in [3.05, 3.63) is 59.7 Å². The first-order valence-electron chi connectivity index (χ1n) is 12.8. The van der Waals surface area contributed by atoms with Gasteiger partial charge in [-0.15, -0.1) is 0 Å². The zero-order chi connectivity index (χ0) is 24.8. The summed E-state index contributed by atoms with van der Waals surface area (Å²) in [6.45, 7) is 15.5. The van der Waals surface area contributed by atoms with Gasteiger partial charge >= 0.3 is 6.18 Å². The number of hydrogen-bond donors (Lipinski definition) is 0. The van der Waals surface area contributed by atoms with Crippen molar-refractivity contribution >= 4 is 0 Å². The van der Waals surface area contributed by atoms with Crippen molar-refractivity contribution in [1.29, 1.82) is 0 Å². The molecule has 1 spiro atoms.